The molecule has 0 N–H and O–H groups in total. The van der Waals surface area contributed by atoms with E-state index in [1.165, 1.54) is 0 Å². The first-order chi connectivity index (χ1) is 12.1. The van der Waals surface area contributed by atoms with Crippen molar-refractivity contribution in [2.24, 2.45) is 0 Å². The van der Waals surface area contributed by atoms with Crippen LogP contribution >= 0.6 is 0 Å². The molecule has 0 saturated carbocycles. The molecule has 2 aromatic rings. The number of nitrogens with zero attached hydrogens (tertiary/aromatic N) is 1. The Kier molecular flexibility index (Phi) is 4.61. The molecule has 0 fully saturated rings. The molecule has 1 aliphatic carbocycles. The lowest BCUT2D eigenvalue weighted by Crippen LogP contribution is -2.38. The van der Waals surface area contributed by atoms with E-state index < -0.39 is 17.5 Å². The topological polar surface area (TPSA) is 54.5 Å². The van der Waals surface area contributed by atoms with Crippen molar-refractivity contribution in [3.63, 3.8) is 0 Å². The van der Waals surface area contributed by atoms with Crippen molar-refractivity contribution < 1.29 is 14.4 Å². The Morgan fingerprint density at radius 1 is 0.800 bits per heavy atom. The maximum atomic E-state index is 13.0. The van der Waals surface area contributed by atoms with Crippen LogP contribution in [0.15, 0.2) is 60.2 Å². The molecular formula is C21H19NO3. The van der Waals surface area contributed by atoms with Crippen LogP contribution in [0.3, 0.4) is 0 Å². The number of hydrogen-bond acceptors (Lipinski definition) is 3. The zero-order chi connectivity index (χ0) is 18.0. The Balaban J connectivity index is 2.34. The van der Waals surface area contributed by atoms with E-state index in [9.17, 15) is 14.4 Å². The summed E-state index contributed by atoms with van der Waals surface area (Å²) in [7, 11) is 0. The van der Waals surface area contributed by atoms with Gasteiger partial charge in [-0.15, -0.1) is 0 Å². The van der Waals surface area contributed by atoms with Crippen LogP contribution in [0.4, 0.5) is 0 Å². The molecule has 2 aromatic carbocycles. The summed E-state index contributed by atoms with van der Waals surface area (Å²) in [6.45, 7) is 4.66. The number of amides is 1. The average molecular weight is 333 g/mol. The van der Waals surface area contributed by atoms with E-state index >= 15 is 0 Å². The standard InChI is InChI=1S/C21H19NO3/c1-3-22(4-2)21(25)18-17(14-10-6-5-7-11-14)15-12-8-9-13-16(15)19(23)20(18)24/h5-13H,3-4H2,1-2H3. The van der Waals surface area contributed by atoms with Gasteiger partial charge in [0.1, 0.15) is 0 Å². The fourth-order valence-corrected chi connectivity index (χ4v) is 3.16. The van der Waals surface area contributed by atoms with Crippen LogP contribution in [0.5, 0.6) is 0 Å². The Morgan fingerprint density at radius 3 is 1.96 bits per heavy atom. The van der Waals surface area contributed by atoms with Gasteiger partial charge in [-0.2, -0.15) is 0 Å². The van der Waals surface area contributed by atoms with E-state index in [1.807, 2.05) is 50.2 Å². The van der Waals surface area contributed by atoms with E-state index in [2.05, 4.69) is 0 Å². The molecule has 0 unspecified atom stereocenters. The summed E-state index contributed by atoms with van der Waals surface area (Å²) in [4.78, 5) is 39.9. The molecule has 0 bridgehead atoms. The van der Waals surface area contributed by atoms with Crippen molar-refractivity contribution in [1.82, 2.24) is 4.90 Å². The second kappa shape index (κ2) is 6.85. The number of benzene rings is 2. The summed E-state index contributed by atoms with van der Waals surface area (Å²) >= 11 is 0. The number of fused-ring (bicyclic) bond motifs is 1. The van der Waals surface area contributed by atoms with E-state index in [0.29, 0.717) is 29.8 Å². The van der Waals surface area contributed by atoms with E-state index in [0.717, 1.165) is 5.56 Å². The molecule has 0 atom stereocenters. The molecule has 0 radical (unpaired) electrons. The minimum Gasteiger partial charge on any atom is -0.339 e. The lowest BCUT2D eigenvalue weighted by Gasteiger charge is -2.25. The van der Waals surface area contributed by atoms with E-state index in [1.54, 1.807) is 23.1 Å². The molecule has 4 heteroatoms. The van der Waals surface area contributed by atoms with Crippen molar-refractivity contribution >= 4 is 23.0 Å². The largest absolute Gasteiger partial charge is 0.339 e. The number of ketones is 2. The van der Waals surface area contributed by atoms with E-state index in [-0.39, 0.29) is 5.57 Å². The van der Waals surface area contributed by atoms with Crippen LogP contribution in [0.2, 0.25) is 0 Å². The summed E-state index contributed by atoms with van der Waals surface area (Å²) in [6, 6.07) is 16.2. The number of Topliss-reactive ketones (excluding diaryl/α,β-unsaturated/α-hetero) is 2. The molecule has 0 spiro atoms. The van der Waals surface area contributed by atoms with Gasteiger partial charge in [-0.3, -0.25) is 14.4 Å². The molecule has 126 valence electrons. The SMILES string of the molecule is CCN(CC)C(=O)C1=C(c2ccccc2)c2ccccc2C(=O)C1=O. The number of carbonyl (C=O) groups is 3. The maximum absolute atomic E-state index is 13.0. The van der Waals surface area contributed by atoms with Crippen molar-refractivity contribution in [2.75, 3.05) is 13.1 Å². The van der Waals surface area contributed by atoms with Crippen LogP contribution < -0.4 is 0 Å². The van der Waals surface area contributed by atoms with Crippen molar-refractivity contribution in [3.05, 3.63) is 76.9 Å². The number of rotatable bonds is 4. The fraction of sp³-hybridized carbons (Fsp3) is 0.190. The van der Waals surface area contributed by atoms with Crippen molar-refractivity contribution in [3.8, 4) is 0 Å². The van der Waals surface area contributed by atoms with Gasteiger partial charge in [-0.1, -0.05) is 54.6 Å². The highest BCUT2D eigenvalue weighted by Crippen LogP contribution is 2.35. The molecule has 1 amide bonds. The number of carbonyl (C=O) groups excluding carboxylic acids is 3. The molecule has 0 aromatic heterocycles. The first kappa shape index (κ1) is 16.8. The quantitative estimate of drug-likeness (QED) is 0.638. The van der Waals surface area contributed by atoms with Crippen LogP contribution in [0, 0.1) is 0 Å². The highest BCUT2D eigenvalue weighted by atomic mass is 16.2. The zero-order valence-electron chi connectivity index (χ0n) is 14.3. The average Bonchev–Trinajstić information content (AvgIpc) is 2.66. The lowest BCUT2D eigenvalue weighted by molar-refractivity contribution is -0.128. The molecular weight excluding hydrogens is 314 g/mol. The minimum absolute atomic E-state index is 0.0291. The minimum atomic E-state index is -0.727. The lowest BCUT2D eigenvalue weighted by atomic mass is 9.80. The Labute approximate surface area is 146 Å². The summed E-state index contributed by atoms with van der Waals surface area (Å²) < 4.78 is 0. The second-order valence-corrected chi connectivity index (χ2v) is 5.80. The van der Waals surface area contributed by atoms with Gasteiger partial charge in [-0.05, 0) is 25.0 Å². The first-order valence-electron chi connectivity index (χ1n) is 8.37. The number of hydrogen-bond donors (Lipinski definition) is 0. The predicted molar refractivity (Wildman–Crippen MR) is 96.2 cm³/mol. The smallest absolute Gasteiger partial charge is 0.258 e. The Morgan fingerprint density at radius 2 is 1.36 bits per heavy atom. The molecule has 0 heterocycles. The number of likely N-dealkylation sites (N-methyl/N-ethyl adjacent to an activating group) is 1. The third kappa shape index (κ3) is 2.80. The van der Waals surface area contributed by atoms with E-state index in [4.69, 9.17) is 0 Å². The molecule has 25 heavy (non-hydrogen) atoms. The fourth-order valence-electron chi connectivity index (χ4n) is 3.16. The van der Waals surface area contributed by atoms with Crippen molar-refractivity contribution in [2.45, 2.75) is 13.8 Å². The Bertz CT molecular complexity index is 877. The zero-order valence-corrected chi connectivity index (χ0v) is 14.3. The molecule has 3 rings (SSSR count). The maximum Gasteiger partial charge on any atom is 0.258 e. The first-order valence-corrected chi connectivity index (χ1v) is 8.37. The van der Waals surface area contributed by atoms with Crippen LogP contribution in [0.1, 0.15) is 35.3 Å². The summed E-state index contributed by atoms with van der Waals surface area (Å²) in [6.07, 6.45) is 0. The summed E-state index contributed by atoms with van der Waals surface area (Å²) in [5, 5.41) is 0. The molecule has 0 aliphatic heterocycles. The van der Waals surface area contributed by atoms with Gasteiger partial charge in [0, 0.05) is 24.2 Å². The van der Waals surface area contributed by atoms with Gasteiger partial charge in [0.2, 0.25) is 11.6 Å². The summed E-state index contributed by atoms with van der Waals surface area (Å²) in [5.41, 5.74) is 2.25. The highest BCUT2D eigenvalue weighted by molar-refractivity contribution is 6.58. The Hall–Kier alpha value is -3.01. The third-order valence-corrected chi connectivity index (χ3v) is 4.45. The highest BCUT2D eigenvalue weighted by Gasteiger charge is 2.37. The molecule has 1 aliphatic rings. The third-order valence-electron chi connectivity index (χ3n) is 4.45. The monoisotopic (exact) mass is 333 g/mol. The van der Waals surface area contributed by atoms with Gasteiger partial charge in [0.05, 0.1) is 5.57 Å². The van der Waals surface area contributed by atoms with Gasteiger partial charge >= 0.3 is 0 Å². The molecule has 0 saturated heterocycles. The van der Waals surface area contributed by atoms with Gasteiger partial charge in [-0.25, -0.2) is 0 Å². The summed E-state index contributed by atoms with van der Waals surface area (Å²) in [5.74, 6) is -1.74. The van der Waals surface area contributed by atoms with Crippen LogP contribution in [-0.2, 0) is 9.59 Å². The predicted octanol–water partition coefficient (Wildman–Crippen LogP) is 3.12. The van der Waals surface area contributed by atoms with Gasteiger partial charge < -0.3 is 4.90 Å². The van der Waals surface area contributed by atoms with Gasteiger partial charge in [0.15, 0.2) is 0 Å². The van der Waals surface area contributed by atoms with Crippen LogP contribution in [-0.4, -0.2) is 35.5 Å². The van der Waals surface area contributed by atoms with Crippen LogP contribution in [0.25, 0.3) is 5.57 Å². The van der Waals surface area contributed by atoms with Gasteiger partial charge in [0.25, 0.3) is 5.91 Å². The normalized spacial score (nSPS) is 13.7. The van der Waals surface area contributed by atoms with Crippen molar-refractivity contribution in [1.29, 1.82) is 0 Å². The second-order valence-electron chi connectivity index (χ2n) is 5.80. The molecule has 4 nitrogen and oxygen atoms in total.